The van der Waals surface area contributed by atoms with Crippen LogP contribution in [0.5, 0.6) is 0 Å². The second kappa shape index (κ2) is 9.50. The summed E-state index contributed by atoms with van der Waals surface area (Å²) in [4.78, 5) is 13.4. The van der Waals surface area contributed by atoms with E-state index in [0.717, 1.165) is 19.8 Å². The minimum Gasteiger partial charge on any atom is -0.547 e. The van der Waals surface area contributed by atoms with E-state index in [4.69, 9.17) is 4.74 Å². The van der Waals surface area contributed by atoms with Crippen molar-refractivity contribution >= 4 is 38.7 Å². The van der Waals surface area contributed by atoms with Crippen molar-refractivity contribution in [1.29, 1.82) is 0 Å². The first-order valence-corrected chi connectivity index (χ1v) is 10.7. The topological polar surface area (TPSA) is 110 Å². The quantitative estimate of drug-likeness (QED) is 0.395. The normalized spacial score (nSPS) is 24.0. The fourth-order valence-corrected chi connectivity index (χ4v) is 5.25. The third kappa shape index (κ3) is 4.51. The van der Waals surface area contributed by atoms with Crippen molar-refractivity contribution in [3.05, 3.63) is 68.9 Å². The molecule has 0 radical (unpaired) electrons. The van der Waals surface area contributed by atoms with Gasteiger partial charge in [0.25, 0.3) is 0 Å². The molecule has 0 aliphatic heterocycles. The van der Waals surface area contributed by atoms with Crippen LogP contribution in [0.25, 0.3) is 10.1 Å². The first-order valence-electron chi connectivity index (χ1n) is 9.04. The zero-order valence-electron chi connectivity index (χ0n) is 16.3. The summed E-state index contributed by atoms with van der Waals surface area (Å²) in [6, 6.07) is 13.4. The molecule has 1 aliphatic rings. The largest absolute Gasteiger partial charge is 1.00 e. The number of aliphatic hydroxyl groups is 3. The predicted molar refractivity (Wildman–Crippen MR) is 108 cm³/mol. The van der Waals surface area contributed by atoms with E-state index in [9.17, 15) is 25.2 Å². The number of ether oxygens (including phenoxy) is 1. The molecule has 1 aromatic carbocycles. The van der Waals surface area contributed by atoms with Crippen LogP contribution in [0.2, 0.25) is 0 Å². The van der Waals surface area contributed by atoms with Gasteiger partial charge in [0, 0.05) is 32.9 Å². The van der Waals surface area contributed by atoms with Gasteiger partial charge in [0.2, 0.25) is 0 Å². The van der Waals surface area contributed by atoms with Crippen LogP contribution in [0.15, 0.2) is 59.2 Å². The molecule has 6 nitrogen and oxygen atoms in total. The molecule has 9 heteroatoms. The van der Waals surface area contributed by atoms with Crippen molar-refractivity contribution in [2.75, 3.05) is 0 Å². The molecule has 152 valence electrons. The Balaban J connectivity index is 0.00000256. The maximum absolute atomic E-state index is 11.8. The van der Waals surface area contributed by atoms with Crippen molar-refractivity contribution in [1.82, 2.24) is 0 Å². The molecule has 3 atom stereocenters. The van der Waals surface area contributed by atoms with Crippen molar-refractivity contribution in [3.63, 3.8) is 0 Å². The molecule has 0 unspecified atom stereocenters. The Kier molecular flexibility index (Phi) is 7.42. The number of carboxylic acid groups (broad SMARTS) is 1. The number of rotatable bonds is 6. The fraction of sp³-hybridized carbons (Fsp3) is 0.286. The zero-order chi connectivity index (χ0) is 20.6. The Bertz CT molecular complexity index is 1030. The molecule has 4 rings (SSSR count). The number of carbonyl (C=O) groups excluding carboxylic acids is 1. The molecule has 0 spiro atoms. The SMILES string of the molecule is O=C([O-])[C@@]1(O)C[C@@H](O)[C@H](O)C(OCc2cc3ccccc3s2)=C1Cc1cccs1.[Na+]. The van der Waals surface area contributed by atoms with Gasteiger partial charge in [-0.25, -0.2) is 0 Å². The van der Waals surface area contributed by atoms with E-state index >= 15 is 0 Å². The molecule has 0 saturated carbocycles. The maximum atomic E-state index is 11.8. The summed E-state index contributed by atoms with van der Waals surface area (Å²) in [7, 11) is 0. The smallest absolute Gasteiger partial charge is 0.547 e. The summed E-state index contributed by atoms with van der Waals surface area (Å²) in [6.07, 6.45) is -3.40. The monoisotopic (exact) mass is 454 g/mol. The van der Waals surface area contributed by atoms with Crippen LogP contribution in [0.4, 0.5) is 0 Å². The van der Waals surface area contributed by atoms with E-state index in [1.54, 1.807) is 6.07 Å². The fourth-order valence-electron chi connectivity index (χ4n) is 3.55. The minimum atomic E-state index is -2.42. The van der Waals surface area contributed by atoms with Crippen LogP contribution in [0, 0.1) is 0 Å². The summed E-state index contributed by atoms with van der Waals surface area (Å²) in [5.41, 5.74) is -2.41. The Morgan fingerprint density at radius 1 is 1.20 bits per heavy atom. The van der Waals surface area contributed by atoms with Crippen LogP contribution in [0.1, 0.15) is 16.2 Å². The van der Waals surface area contributed by atoms with Crippen LogP contribution in [-0.4, -0.2) is 39.1 Å². The van der Waals surface area contributed by atoms with Gasteiger partial charge >= 0.3 is 29.6 Å². The Hall–Kier alpha value is -1.23. The van der Waals surface area contributed by atoms with Gasteiger partial charge in [-0.05, 0) is 29.0 Å². The first kappa shape index (κ1) is 23.4. The summed E-state index contributed by atoms with van der Waals surface area (Å²) in [5.74, 6) is -1.83. The molecule has 2 heterocycles. The number of carboxylic acids is 1. The summed E-state index contributed by atoms with van der Waals surface area (Å²) < 4.78 is 6.90. The van der Waals surface area contributed by atoms with Crippen LogP contribution >= 0.6 is 22.7 Å². The van der Waals surface area contributed by atoms with Gasteiger partial charge in [0.05, 0.1) is 12.1 Å². The standard InChI is InChI=1S/C21H20O6S2.Na/c22-16-10-21(26,20(24)25)15(9-13-5-3-7-28-13)19(18(16)23)27-11-14-8-12-4-1-2-6-17(12)29-14;/h1-8,16,18,22-23,26H,9-11H2,(H,24,25);/q;+1/p-1/t16-,18+,21-;/m1./s1. The molecule has 0 amide bonds. The second-order valence-corrected chi connectivity index (χ2v) is 9.20. The van der Waals surface area contributed by atoms with E-state index in [1.165, 1.54) is 22.7 Å². The van der Waals surface area contributed by atoms with Crippen LogP contribution in [-0.2, 0) is 22.6 Å². The van der Waals surface area contributed by atoms with E-state index in [-0.39, 0.29) is 53.9 Å². The number of aliphatic hydroxyl groups excluding tert-OH is 2. The van der Waals surface area contributed by atoms with Gasteiger partial charge in [-0.2, -0.15) is 0 Å². The first-order chi connectivity index (χ1) is 13.9. The molecule has 3 aromatic rings. The molecule has 1 aliphatic carbocycles. The number of hydrogen-bond acceptors (Lipinski definition) is 8. The summed E-state index contributed by atoms with van der Waals surface area (Å²) in [6.45, 7) is 0.0789. The number of aliphatic carboxylic acids is 1. The van der Waals surface area contributed by atoms with E-state index in [2.05, 4.69) is 0 Å². The van der Waals surface area contributed by atoms with Crippen molar-refractivity contribution in [3.8, 4) is 0 Å². The van der Waals surface area contributed by atoms with Gasteiger partial charge < -0.3 is 30.0 Å². The molecule has 0 bridgehead atoms. The van der Waals surface area contributed by atoms with Crippen molar-refractivity contribution in [2.45, 2.75) is 37.3 Å². The Morgan fingerprint density at radius 3 is 2.63 bits per heavy atom. The Morgan fingerprint density at radius 2 is 1.97 bits per heavy atom. The second-order valence-electron chi connectivity index (χ2n) is 7.00. The average molecular weight is 455 g/mol. The molecule has 30 heavy (non-hydrogen) atoms. The molecular formula is C21H19NaO6S2. The van der Waals surface area contributed by atoms with E-state index in [0.29, 0.717) is 0 Å². The average Bonchev–Trinajstić information content (AvgIpc) is 3.34. The number of benzene rings is 1. The van der Waals surface area contributed by atoms with Crippen LogP contribution in [0.3, 0.4) is 0 Å². The minimum absolute atomic E-state index is 0. The number of hydrogen-bond donors (Lipinski definition) is 3. The molecule has 2 aromatic heterocycles. The number of carbonyl (C=O) groups is 1. The molecule has 3 N–H and O–H groups in total. The van der Waals surface area contributed by atoms with Gasteiger partial charge in [-0.1, -0.05) is 24.3 Å². The number of thiophene rings is 2. The van der Waals surface area contributed by atoms with Gasteiger partial charge in [0.1, 0.15) is 24.1 Å². The molecular weight excluding hydrogens is 435 g/mol. The third-order valence-corrected chi connectivity index (χ3v) is 7.02. The molecule has 0 fully saturated rings. The molecule has 0 saturated heterocycles. The van der Waals surface area contributed by atoms with Gasteiger partial charge in [0.15, 0.2) is 0 Å². The van der Waals surface area contributed by atoms with Gasteiger partial charge in [-0.15, -0.1) is 22.7 Å². The van der Waals surface area contributed by atoms with E-state index < -0.39 is 30.2 Å². The third-order valence-electron chi connectivity index (χ3n) is 5.05. The van der Waals surface area contributed by atoms with E-state index in [1.807, 2.05) is 41.8 Å². The van der Waals surface area contributed by atoms with Gasteiger partial charge in [-0.3, -0.25) is 0 Å². The maximum Gasteiger partial charge on any atom is 1.00 e. The predicted octanol–water partition coefficient (Wildman–Crippen LogP) is -1.41. The van der Waals surface area contributed by atoms with Crippen molar-refractivity contribution < 1.29 is 59.5 Å². The number of fused-ring (bicyclic) bond motifs is 1. The summed E-state index contributed by atoms with van der Waals surface area (Å²) >= 11 is 2.91. The van der Waals surface area contributed by atoms with Crippen molar-refractivity contribution in [2.24, 2.45) is 0 Å². The summed E-state index contributed by atoms with van der Waals surface area (Å²) in [5, 5.41) is 46.2. The Labute approximate surface area is 203 Å². The van der Waals surface area contributed by atoms with Crippen LogP contribution < -0.4 is 34.7 Å². The zero-order valence-corrected chi connectivity index (χ0v) is 19.9.